The molecule has 8 nitrogen and oxygen atoms in total. The van der Waals surface area contributed by atoms with E-state index in [1.165, 1.54) is 24.9 Å². The van der Waals surface area contributed by atoms with E-state index < -0.39 is 47.0 Å². The van der Waals surface area contributed by atoms with Crippen LogP contribution < -0.4 is 19.7 Å². The van der Waals surface area contributed by atoms with Crippen LogP contribution in [0.1, 0.15) is 18.0 Å². The van der Waals surface area contributed by atoms with Crippen LogP contribution >= 0.6 is 11.8 Å². The Balaban J connectivity index is 1.63. The third-order valence-electron chi connectivity index (χ3n) is 6.93. The number of carbonyl (C=O) groups excluding carboxylic acids is 3. The molecule has 3 aliphatic rings. The van der Waals surface area contributed by atoms with Gasteiger partial charge in [0, 0.05) is 17.7 Å². The highest BCUT2D eigenvalue weighted by molar-refractivity contribution is 7.98. The van der Waals surface area contributed by atoms with E-state index >= 15 is 0 Å². The Morgan fingerprint density at radius 3 is 2.63 bits per heavy atom. The monoisotopic (exact) mass is 500 g/mol. The van der Waals surface area contributed by atoms with E-state index in [-0.39, 0.29) is 12.0 Å². The minimum Gasteiger partial charge on any atom is -0.486 e. The van der Waals surface area contributed by atoms with E-state index in [0.29, 0.717) is 36.2 Å². The van der Waals surface area contributed by atoms with Crippen molar-refractivity contribution in [3.05, 3.63) is 53.8 Å². The van der Waals surface area contributed by atoms with Crippen molar-refractivity contribution in [2.45, 2.75) is 18.0 Å². The number of methoxy groups -OCH3 is 1. The predicted molar refractivity (Wildman–Crippen MR) is 127 cm³/mol. The molecule has 0 aliphatic carbocycles. The number of anilines is 1. The molecule has 10 heteroatoms. The average molecular weight is 501 g/mol. The van der Waals surface area contributed by atoms with Gasteiger partial charge in [0.1, 0.15) is 24.6 Å². The number of nitrogens with one attached hydrogen (secondary N) is 1. The summed E-state index contributed by atoms with van der Waals surface area (Å²) in [5, 5.41) is 3.19. The third-order valence-corrected chi connectivity index (χ3v) is 7.54. The van der Waals surface area contributed by atoms with Crippen LogP contribution in [-0.2, 0) is 19.1 Å². The van der Waals surface area contributed by atoms with E-state index in [4.69, 9.17) is 14.2 Å². The van der Waals surface area contributed by atoms with Crippen molar-refractivity contribution in [2.75, 3.05) is 37.2 Å². The van der Waals surface area contributed by atoms with Crippen LogP contribution in [0.15, 0.2) is 42.5 Å². The topological polar surface area (TPSA) is 94.2 Å². The number of amides is 2. The van der Waals surface area contributed by atoms with Crippen molar-refractivity contribution >= 4 is 35.2 Å². The van der Waals surface area contributed by atoms with Gasteiger partial charge >= 0.3 is 5.97 Å². The predicted octanol–water partition coefficient (Wildman–Crippen LogP) is 2.71. The smallest absolute Gasteiger partial charge is 0.326 e. The Kier molecular flexibility index (Phi) is 6.18. The lowest BCUT2D eigenvalue weighted by atomic mass is 9.78. The van der Waals surface area contributed by atoms with Gasteiger partial charge in [-0.2, -0.15) is 11.8 Å². The highest BCUT2D eigenvalue weighted by Gasteiger charge is 2.69. The second-order valence-corrected chi connectivity index (χ2v) is 9.68. The summed E-state index contributed by atoms with van der Waals surface area (Å²) in [4.78, 5) is 42.1. The van der Waals surface area contributed by atoms with Crippen molar-refractivity contribution in [3.63, 3.8) is 0 Å². The number of halogens is 1. The van der Waals surface area contributed by atoms with Crippen molar-refractivity contribution in [2.24, 2.45) is 11.8 Å². The standard InChI is InChI=1S/C25H25FN2O6S/c1-32-24(31)25(9-12-35-2)20-19(21(27-25)15-5-3-4-6-16(15)26)22(29)28(23(20)30)14-7-8-17-18(13-14)34-11-10-33-17/h3-8,13,19-21,27H,9-12H2,1-2H3/t19-,20-,21+,25+/m0/s1. The first-order valence-corrected chi connectivity index (χ1v) is 12.7. The first-order valence-electron chi connectivity index (χ1n) is 11.3. The van der Waals surface area contributed by atoms with Gasteiger partial charge in [-0.25, -0.2) is 9.29 Å². The first-order chi connectivity index (χ1) is 16.9. The average Bonchev–Trinajstić information content (AvgIpc) is 3.36. The lowest BCUT2D eigenvalue weighted by molar-refractivity contribution is -0.152. The van der Waals surface area contributed by atoms with E-state index in [0.717, 1.165) is 4.90 Å². The summed E-state index contributed by atoms with van der Waals surface area (Å²) in [5.41, 5.74) is -0.942. The van der Waals surface area contributed by atoms with Gasteiger partial charge in [0.2, 0.25) is 11.8 Å². The van der Waals surface area contributed by atoms with E-state index in [1.807, 2.05) is 6.26 Å². The highest BCUT2D eigenvalue weighted by atomic mass is 32.2. The Morgan fingerprint density at radius 2 is 1.91 bits per heavy atom. The van der Waals surface area contributed by atoms with Crippen LogP contribution in [-0.4, -0.2) is 55.7 Å². The summed E-state index contributed by atoms with van der Waals surface area (Å²) in [6.07, 6.45) is 2.12. The summed E-state index contributed by atoms with van der Waals surface area (Å²) >= 11 is 1.50. The molecule has 0 saturated carbocycles. The molecule has 5 rings (SSSR count). The van der Waals surface area contributed by atoms with Crippen molar-refractivity contribution < 1.29 is 33.0 Å². The van der Waals surface area contributed by atoms with Crippen LogP contribution in [0.25, 0.3) is 0 Å². The van der Waals surface area contributed by atoms with Crippen molar-refractivity contribution in [1.82, 2.24) is 5.32 Å². The number of imide groups is 1. The van der Waals surface area contributed by atoms with Crippen LogP contribution in [0.4, 0.5) is 10.1 Å². The number of hydrogen-bond donors (Lipinski definition) is 1. The molecule has 1 N–H and O–H groups in total. The normalized spacial score (nSPS) is 27.2. The molecule has 2 fully saturated rings. The maximum Gasteiger partial charge on any atom is 0.326 e. The zero-order valence-corrected chi connectivity index (χ0v) is 20.1. The number of carbonyl (C=O) groups is 3. The third kappa shape index (κ3) is 3.66. The summed E-state index contributed by atoms with van der Waals surface area (Å²) < 4.78 is 31.2. The van der Waals surface area contributed by atoms with Crippen LogP contribution in [0.3, 0.4) is 0 Å². The summed E-state index contributed by atoms with van der Waals surface area (Å²) in [5.74, 6) is -2.78. The molecule has 0 radical (unpaired) electrons. The fourth-order valence-corrected chi connectivity index (χ4v) is 5.91. The molecule has 2 amide bonds. The van der Waals surface area contributed by atoms with Gasteiger partial charge in [-0.15, -0.1) is 0 Å². The Hall–Kier alpha value is -3.11. The maximum absolute atomic E-state index is 14.9. The SMILES string of the molecule is COC(=O)[C@]1(CCSC)N[C@H](c2ccccc2F)[C@H]2C(=O)N(c3ccc4c(c3)OCCO4)C(=O)[C@H]21. The van der Waals surface area contributed by atoms with Crippen LogP contribution in [0.5, 0.6) is 11.5 Å². The molecule has 4 atom stereocenters. The number of fused-ring (bicyclic) bond motifs is 2. The summed E-state index contributed by atoms with van der Waals surface area (Å²) in [6.45, 7) is 0.758. The van der Waals surface area contributed by atoms with Gasteiger partial charge in [0.15, 0.2) is 11.5 Å². The maximum atomic E-state index is 14.9. The van der Waals surface area contributed by atoms with Crippen LogP contribution in [0.2, 0.25) is 0 Å². The van der Waals surface area contributed by atoms with Crippen LogP contribution in [0, 0.1) is 17.7 Å². The van der Waals surface area contributed by atoms with E-state index in [9.17, 15) is 18.8 Å². The minimum atomic E-state index is -1.48. The molecular formula is C25H25FN2O6S. The molecule has 35 heavy (non-hydrogen) atoms. The number of ether oxygens (including phenoxy) is 3. The molecule has 0 unspecified atom stereocenters. The molecule has 0 bridgehead atoms. The molecule has 2 saturated heterocycles. The van der Waals surface area contributed by atoms with Gasteiger partial charge < -0.3 is 14.2 Å². The fraction of sp³-hybridized carbons (Fsp3) is 0.400. The van der Waals surface area contributed by atoms with Gasteiger partial charge in [-0.05, 0) is 36.6 Å². The lowest BCUT2D eigenvalue weighted by Gasteiger charge is -2.32. The highest BCUT2D eigenvalue weighted by Crippen LogP contribution is 2.52. The second-order valence-electron chi connectivity index (χ2n) is 8.69. The molecule has 0 spiro atoms. The van der Waals surface area contributed by atoms with Gasteiger partial charge in [-0.3, -0.25) is 19.7 Å². The number of thioether (sulfide) groups is 1. The Labute approximate surface area is 206 Å². The summed E-state index contributed by atoms with van der Waals surface area (Å²) in [7, 11) is 1.25. The molecule has 3 heterocycles. The zero-order chi connectivity index (χ0) is 24.7. The zero-order valence-electron chi connectivity index (χ0n) is 19.3. The molecule has 3 aliphatic heterocycles. The molecule has 2 aromatic carbocycles. The quantitative estimate of drug-likeness (QED) is 0.478. The van der Waals surface area contributed by atoms with E-state index in [1.54, 1.807) is 36.4 Å². The molecule has 0 aromatic heterocycles. The number of nitrogens with zero attached hydrogens (tertiary/aromatic N) is 1. The molecule has 2 aromatic rings. The lowest BCUT2D eigenvalue weighted by Crippen LogP contribution is -2.56. The molecule has 184 valence electrons. The number of hydrogen-bond acceptors (Lipinski definition) is 8. The van der Waals surface area contributed by atoms with Gasteiger partial charge in [-0.1, -0.05) is 18.2 Å². The Morgan fingerprint density at radius 1 is 1.17 bits per heavy atom. The second kappa shape index (κ2) is 9.16. The van der Waals surface area contributed by atoms with Gasteiger partial charge in [0.05, 0.1) is 24.6 Å². The Bertz CT molecular complexity index is 1190. The molecular weight excluding hydrogens is 475 g/mol. The number of benzene rings is 2. The largest absolute Gasteiger partial charge is 0.486 e. The summed E-state index contributed by atoms with van der Waals surface area (Å²) in [6, 6.07) is 10.0. The van der Waals surface area contributed by atoms with E-state index in [2.05, 4.69) is 5.32 Å². The van der Waals surface area contributed by atoms with Crippen molar-refractivity contribution in [1.29, 1.82) is 0 Å². The number of esters is 1. The number of rotatable bonds is 6. The first kappa shape index (κ1) is 23.6. The fourth-order valence-electron chi connectivity index (χ4n) is 5.39. The minimum absolute atomic E-state index is 0.225. The van der Waals surface area contributed by atoms with Crippen molar-refractivity contribution in [3.8, 4) is 11.5 Å². The van der Waals surface area contributed by atoms with Gasteiger partial charge in [0.25, 0.3) is 0 Å².